The molecule has 2 aromatic rings. The van der Waals surface area contributed by atoms with Crippen LogP contribution in [0.25, 0.3) is 0 Å². The van der Waals surface area contributed by atoms with Crippen LogP contribution in [-0.2, 0) is 6.42 Å². The molecule has 0 saturated heterocycles. The first kappa shape index (κ1) is 14.7. The maximum atomic E-state index is 13.7. The van der Waals surface area contributed by atoms with E-state index < -0.39 is 46.6 Å². The molecule has 0 saturated carbocycles. The Labute approximate surface area is 120 Å². The third-order valence-electron chi connectivity index (χ3n) is 2.72. The van der Waals surface area contributed by atoms with E-state index in [9.17, 15) is 22.4 Å². The maximum Gasteiger partial charge on any atom is 0.173 e. The van der Waals surface area contributed by atoms with Crippen molar-refractivity contribution in [2.75, 3.05) is 0 Å². The number of carbonyl (C=O) groups is 1. The largest absolute Gasteiger partial charge is 0.294 e. The van der Waals surface area contributed by atoms with Crippen LogP contribution in [0.15, 0.2) is 34.8 Å². The molecule has 0 amide bonds. The van der Waals surface area contributed by atoms with Gasteiger partial charge in [0.1, 0.15) is 17.5 Å². The van der Waals surface area contributed by atoms with Crippen LogP contribution < -0.4 is 0 Å². The van der Waals surface area contributed by atoms with Crippen molar-refractivity contribution >= 4 is 21.7 Å². The number of ketones is 1. The first-order valence-electron chi connectivity index (χ1n) is 5.51. The summed E-state index contributed by atoms with van der Waals surface area (Å²) in [7, 11) is 0. The molecule has 104 valence electrons. The molecule has 0 aliphatic heterocycles. The Morgan fingerprint density at radius 2 is 1.55 bits per heavy atom. The zero-order valence-corrected chi connectivity index (χ0v) is 11.5. The second kappa shape index (κ2) is 5.75. The summed E-state index contributed by atoms with van der Waals surface area (Å²) < 4.78 is 54.0. The Morgan fingerprint density at radius 3 is 2.15 bits per heavy atom. The lowest BCUT2D eigenvalue weighted by Crippen LogP contribution is -2.12. The fourth-order valence-corrected chi connectivity index (χ4v) is 2.06. The molecule has 20 heavy (non-hydrogen) atoms. The number of hydrogen-bond acceptors (Lipinski definition) is 1. The molecule has 0 unspecified atom stereocenters. The van der Waals surface area contributed by atoms with E-state index in [1.807, 2.05) is 0 Å². The SMILES string of the molecule is O=C(Cc1c(F)cccc1F)c1c(F)ccc(Br)c1F. The molecule has 0 aliphatic carbocycles. The number of benzene rings is 2. The summed E-state index contributed by atoms with van der Waals surface area (Å²) in [5.41, 5.74) is -1.33. The first-order chi connectivity index (χ1) is 9.41. The van der Waals surface area contributed by atoms with E-state index >= 15 is 0 Å². The van der Waals surface area contributed by atoms with Crippen LogP contribution in [0.2, 0.25) is 0 Å². The molecule has 6 heteroatoms. The molecule has 0 fully saturated rings. The molecule has 0 atom stereocenters. The van der Waals surface area contributed by atoms with Gasteiger partial charge in [-0.2, -0.15) is 0 Å². The molecule has 2 rings (SSSR count). The van der Waals surface area contributed by atoms with Crippen molar-refractivity contribution < 1.29 is 22.4 Å². The first-order valence-corrected chi connectivity index (χ1v) is 6.30. The van der Waals surface area contributed by atoms with Crippen LogP contribution in [0.3, 0.4) is 0 Å². The van der Waals surface area contributed by atoms with Gasteiger partial charge < -0.3 is 0 Å². The Hall–Kier alpha value is -1.69. The van der Waals surface area contributed by atoms with E-state index in [-0.39, 0.29) is 4.47 Å². The van der Waals surface area contributed by atoms with E-state index in [0.717, 1.165) is 30.3 Å². The maximum absolute atomic E-state index is 13.7. The van der Waals surface area contributed by atoms with E-state index in [4.69, 9.17) is 0 Å². The van der Waals surface area contributed by atoms with Gasteiger partial charge in [0.25, 0.3) is 0 Å². The highest BCUT2D eigenvalue weighted by Gasteiger charge is 2.22. The van der Waals surface area contributed by atoms with E-state index in [0.29, 0.717) is 0 Å². The third kappa shape index (κ3) is 2.75. The van der Waals surface area contributed by atoms with E-state index in [2.05, 4.69) is 15.9 Å². The normalized spacial score (nSPS) is 10.7. The van der Waals surface area contributed by atoms with Crippen LogP contribution in [0.5, 0.6) is 0 Å². The summed E-state index contributed by atoms with van der Waals surface area (Å²) >= 11 is 2.82. The molecule has 0 bridgehead atoms. The summed E-state index contributed by atoms with van der Waals surface area (Å²) in [5.74, 6) is -5.08. The molecule has 0 heterocycles. The van der Waals surface area contributed by atoms with Crippen molar-refractivity contribution in [3.63, 3.8) is 0 Å². The third-order valence-corrected chi connectivity index (χ3v) is 3.33. The molecule has 0 aromatic heterocycles. The highest BCUT2D eigenvalue weighted by Crippen LogP contribution is 2.24. The van der Waals surface area contributed by atoms with Gasteiger partial charge >= 0.3 is 0 Å². The monoisotopic (exact) mass is 346 g/mol. The Morgan fingerprint density at radius 1 is 0.950 bits per heavy atom. The fourth-order valence-electron chi connectivity index (χ4n) is 1.73. The minimum absolute atomic E-state index is 0.101. The molecule has 0 aliphatic rings. The second-order valence-electron chi connectivity index (χ2n) is 4.02. The zero-order valence-electron chi connectivity index (χ0n) is 9.89. The van der Waals surface area contributed by atoms with Gasteiger partial charge in [-0.15, -0.1) is 0 Å². The van der Waals surface area contributed by atoms with Gasteiger partial charge in [0, 0.05) is 12.0 Å². The topological polar surface area (TPSA) is 17.1 Å². The lowest BCUT2D eigenvalue weighted by Gasteiger charge is -2.07. The second-order valence-corrected chi connectivity index (χ2v) is 4.87. The van der Waals surface area contributed by atoms with Gasteiger partial charge in [-0.1, -0.05) is 6.07 Å². The molecule has 0 radical (unpaired) electrons. The summed E-state index contributed by atoms with van der Waals surface area (Å²) in [6.45, 7) is 0. The number of Topliss-reactive ketones (excluding diaryl/α,β-unsaturated/α-hetero) is 1. The minimum Gasteiger partial charge on any atom is -0.294 e. The smallest absolute Gasteiger partial charge is 0.173 e. The van der Waals surface area contributed by atoms with Crippen LogP contribution in [0.4, 0.5) is 17.6 Å². The average molecular weight is 347 g/mol. The van der Waals surface area contributed by atoms with Gasteiger partial charge in [-0.3, -0.25) is 4.79 Å². The quantitative estimate of drug-likeness (QED) is 0.456. The van der Waals surface area contributed by atoms with Crippen LogP contribution >= 0.6 is 15.9 Å². The molecule has 2 aromatic carbocycles. The molecule has 1 nitrogen and oxygen atoms in total. The van der Waals surface area contributed by atoms with Gasteiger partial charge in [-0.05, 0) is 40.2 Å². The van der Waals surface area contributed by atoms with Crippen LogP contribution in [0.1, 0.15) is 15.9 Å². The Balaban J connectivity index is 2.41. The van der Waals surface area contributed by atoms with Crippen LogP contribution in [-0.4, -0.2) is 5.78 Å². The van der Waals surface area contributed by atoms with Gasteiger partial charge in [0.15, 0.2) is 11.6 Å². The zero-order chi connectivity index (χ0) is 14.9. The predicted octanol–water partition coefficient (Wildman–Crippen LogP) is 4.43. The summed E-state index contributed by atoms with van der Waals surface area (Å²) in [6.07, 6.45) is -0.761. The molecule has 0 spiro atoms. The highest BCUT2D eigenvalue weighted by molar-refractivity contribution is 9.10. The van der Waals surface area contributed by atoms with Crippen molar-refractivity contribution in [2.24, 2.45) is 0 Å². The number of halogens is 5. The highest BCUT2D eigenvalue weighted by atomic mass is 79.9. The van der Waals surface area contributed by atoms with E-state index in [1.165, 1.54) is 0 Å². The van der Waals surface area contributed by atoms with Gasteiger partial charge in [-0.25, -0.2) is 17.6 Å². The Bertz CT molecular complexity index is 665. The molecular weight excluding hydrogens is 340 g/mol. The Kier molecular flexibility index (Phi) is 4.23. The number of hydrogen-bond donors (Lipinski definition) is 0. The number of rotatable bonds is 3. The van der Waals surface area contributed by atoms with Crippen molar-refractivity contribution in [1.29, 1.82) is 0 Å². The standard InChI is InChI=1S/C14H7BrF4O/c15-8-4-5-11(18)13(14(8)19)12(20)6-7-9(16)2-1-3-10(7)17/h1-5H,6H2. The van der Waals surface area contributed by atoms with Gasteiger partial charge in [0.05, 0.1) is 10.0 Å². The fraction of sp³-hybridized carbons (Fsp3) is 0.0714. The van der Waals surface area contributed by atoms with Crippen molar-refractivity contribution in [3.8, 4) is 0 Å². The molecular formula is C14H7BrF4O. The average Bonchev–Trinajstić information content (AvgIpc) is 2.39. The minimum atomic E-state index is -1.09. The summed E-state index contributed by atoms with van der Waals surface area (Å²) in [4.78, 5) is 11.9. The van der Waals surface area contributed by atoms with Crippen LogP contribution in [0, 0.1) is 23.3 Å². The number of carbonyl (C=O) groups excluding carboxylic acids is 1. The van der Waals surface area contributed by atoms with Crippen molar-refractivity contribution in [2.45, 2.75) is 6.42 Å². The molecule has 0 N–H and O–H groups in total. The lowest BCUT2D eigenvalue weighted by atomic mass is 10.0. The van der Waals surface area contributed by atoms with Crippen molar-refractivity contribution in [1.82, 2.24) is 0 Å². The summed E-state index contributed by atoms with van der Waals surface area (Å²) in [6, 6.07) is 5.08. The predicted molar refractivity (Wildman–Crippen MR) is 68.5 cm³/mol. The van der Waals surface area contributed by atoms with Gasteiger partial charge in [0.2, 0.25) is 0 Å². The lowest BCUT2D eigenvalue weighted by molar-refractivity contribution is 0.0982. The van der Waals surface area contributed by atoms with E-state index in [1.54, 1.807) is 0 Å². The summed E-state index contributed by atoms with van der Waals surface area (Å²) in [5, 5.41) is 0. The van der Waals surface area contributed by atoms with Crippen molar-refractivity contribution in [3.05, 3.63) is 69.2 Å².